The Balaban J connectivity index is 1.91. The van der Waals surface area contributed by atoms with Gasteiger partial charge in [-0.3, -0.25) is 0 Å². The first-order chi connectivity index (χ1) is 10.0. The van der Waals surface area contributed by atoms with Gasteiger partial charge in [0.1, 0.15) is 11.5 Å². The average molecular weight is 310 g/mol. The predicted molar refractivity (Wildman–Crippen MR) is 82.3 cm³/mol. The number of hydrogen-bond donors (Lipinski definition) is 0. The third-order valence-electron chi connectivity index (χ3n) is 3.90. The largest absolute Gasteiger partial charge is 0.500 e. The van der Waals surface area contributed by atoms with Crippen LogP contribution in [-0.2, 0) is 18.8 Å². The zero-order valence-electron chi connectivity index (χ0n) is 12.2. The number of allylic oxidation sites excluding steroid dienone is 6. The maximum atomic E-state index is 11.9. The Morgan fingerprint density at radius 2 is 1.38 bits per heavy atom. The molecule has 2 atom stereocenters. The summed E-state index contributed by atoms with van der Waals surface area (Å²) in [4.78, 5) is 0. The van der Waals surface area contributed by atoms with Gasteiger partial charge in [-0.25, -0.2) is 0 Å². The molecule has 2 aliphatic carbocycles. The van der Waals surface area contributed by atoms with Crippen molar-refractivity contribution < 1.29 is 16.8 Å². The minimum Gasteiger partial charge on any atom is -0.358 e. The molecule has 4 nitrogen and oxygen atoms in total. The van der Waals surface area contributed by atoms with Crippen molar-refractivity contribution in [2.75, 3.05) is 0 Å². The Bertz CT molecular complexity index is 513. The van der Waals surface area contributed by atoms with Crippen LogP contribution in [0.5, 0.6) is 0 Å². The monoisotopic (exact) mass is 310 g/mol. The molecule has 5 heteroatoms. The zero-order chi connectivity index (χ0) is 15.3. The van der Waals surface area contributed by atoms with Crippen LogP contribution in [0.15, 0.2) is 49.0 Å². The smallest absolute Gasteiger partial charge is 0.358 e. The first kappa shape index (κ1) is 15.9. The number of rotatable bonds is 6. The first-order valence-corrected chi connectivity index (χ1v) is 8.63. The molecule has 2 rings (SSSR count). The summed E-state index contributed by atoms with van der Waals surface area (Å²) in [6.45, 7) is 7.49. The minimum atomic E-state index is -4.02. The van der Waals surface area contributed by atoms with Crippen molar-refractivity contribution in [3.05, 3.63) is 49.0 Å². The van der Waals surface area contributed by atoms with Crippen molar-refractivity contribution in [3.8, 4) is 0 Å². The van der Waals surface area contributed by atoms with Gasteiger partial charge in [-0.05, 0) is 49.7 Å². The molecule has 0 aromatic heterocycles. The van der Waals surface area contributed by atoms with Crippen molar-refractivity contribution in [3.63, 3.8) is 0 Å². The molecule has 0 bridgehead atoms. The van der Waals surface area contributed by atoms with E-state index in [4.69, 9.17) is 8.37 Å². The maximum absolute atomic E-state index is 11.9. The lowest BCUT2D eigenvalue weighted by Gasteiger charge is -2.21. The van der Waals surface area contributed by atoms with E-state index < -0.39 is 10.4 Å². The van der Waals surface area contributed by atoms with Crippen molar-refractivity contribution in [2.45, 2.75) is 38.5 Å². The van der Waals surface area contributed by atoms with E-state index in [0.717, 1.165) is 25.7 Å². The van der Waals surface area contributed by atoms with E-state index in [0.29, 0.717) is 36.2 Å². The third-order valence-corrected chi connectivity index (χ3v) is 4.74. The molecule has 2 aliphatic rings. The highest BCUT2D eigenvalue weighted by Crippen LogP contribution is 2.29. The van der Waals surface area contributed by atoms with Crippen LogP contribution >= 0.6 is 0 Å². The van der Waals surface area contributed by atoms with Crippen LogP contribution in [0, 0.1) is 11.8 Å². The van der Waals surface area contributed by atoms with Crippen LogP contribution in [0.3, 0.4) is 0 Å². The summed E-state index contributed by atoms with van der Waals surface area (Å²) in [5.74, 6) is 1.73. The molecular weight excluding hydrogens is 288 g/mol. The summed E-state index contributed by atoms with van der Waals surface area (Å²) in [7, 11) is -4.02. The number of hydrogen-bond acceptors (Lipinski definition) is 4. The first-order valence-electron chi connectivity index (χ1n) is 7.29. The van der Waals surface area contributed by atoms with E-state index in [1.807, 2.05) is 12.2 Å². The summed E-state index contributed by atoms with van der Waals surface area (Å²) in [5.41, 5.74) is 0. The molecule has 0 spiro atoms. The summed E-state index contributed by atoms with van der Waals surface area (Å²) in [5, 5.41) is 0. The summed E-state index contributed by atoms with van der Waals surface area (Å²) >= 11 is 0. The predicted octanol–water partition coefficient (Wildman–Crippen LogP) is 4.00. The van der Waals surface area contributed by atoms with E-state index >= 15 is 0 Å². The fourth-order valence-corrected chi connectivity index (χ4v) is 3.38. The van der Waals surface area contributed by atoms with Gasteiger partial charge in [0.25, 0.3) is 0 Å². The molecular formula is C16H22O4S. The van der Waals surface area contributed by atoms with Crippen molar-refractivity contribution in [2.24, 2.45) is 11.8 Å². The molecule has 0 radical (unpaired) electrons. The Morgan fingerprint density at radius 1 is 0.952 bits per heavy atom. The van der Waals surface area contributed by atoms with Crippen LogP contribution in [0.1, 0.15) is 38.5 Å². The van der Waals surface area contributed by atoms with Gasteiger partial charge in [-0.1, -0.05) is 12.2 Å². The van der Waals surface area contributed by atoms with Gasteiger partial charge >= 0.3 is 10.4 Å². The molecule has 0 N–H and O–H groups in total. The molecule has 116 valence electrons. The molecule has 0 aliphatic heterocycles. The highest BCUT2D eigenvalue weighted by molar-refractivity contribution is 7.82. The fraction of sp³-hybridized carbons (Fsp3) is 0.500. The molecule has 0 saturated carbocycles. The van der Waals surface area contributed by atoms with E-state index in [1.165, 1.54) is 0 Å². The average Bonchev–Trinajstić information content (AvgIpc) is 2.48. The van der Waals surface area contributed by atoms with Crippen LogP contribution in [0.2, 0.25) is 0 Å². The van der Waals surface area contributed by atoms with Gasteiger partial charge in [0.05, 0.1) is 0 Å². The van der Waals surface area contributed by atoms with Crippen molar-refractivity contribution >= 4 is 10.4 Å². The second-order valence-electron chi connectivity index (χ2n) is 5.46. The Labute approximate surface area is 127 Å². The van der Waals surface area contributed by atoms with E-state index in [2.05, 4.69) is 13.2 Å². The molecule has 0 amide bonds. The lowest BCUT2D eigenvalue weighted by atomic mass is 9.94. The van der Waals surface area contributed by atoms with Gasteiger partial charge in [0, 0.05) is 12.8 Å². The highest BCUT2D eigenvalue weighted by atomic mass is 32.3. The van der Waals surface area contributed by atoms with Crippen molar-refractivity contribution in [1.82, 2.24) is 0 Å². The lowest BCUT2D eigenvalue weighted by Crippen LogP contribution is -2.14. The molecule has 0 fully saturated rings. The second-order valence-corrected chi connectivity index (χ2v) is 6.61. The van der Waals surface area contributed by atoms with Gasteiger partial charge in [0.2, 0.25) is 0 Å². The highest BCUT2D eigenvalue weighted by Gasteiger charge is 2.23. The molecule has 0 saturated heterocycles. The summed E-state index contributed by atoms with van der Waals surface area (Å²) in [6, 6.07) is 0. The van der Waals surface area contributed by atoms with Gasteiger partial charge in [-0.15, -0.1) is 21.6 Å². The lowest BCUT2D eigenvalue weighted by molar-refractivity contribution is 0.269. The molecule has 0 aromatic carbocycles. The summed E-state index contributed by atoms with van der Waals surface area (Å²) in [6.07, 6.45) is 11.8. The van der Waals surface area contributed by atoms with E-state index in [1.54, 1.807) is 12.2 Å². The Kier molecular flexibility index (Phi) is 5.28. The van der Waals surface area contributed by atoms with Gasteiger partial charge in [0.15, 0.2) is 0 Å². The quantitative estimate of drug-likeness (QED) is 0.696. The standard InChI is InChI=1S/C16H22O4S/c1-3-13-5-9-15(10-6-13)19-21(17,18)20-16-11-7-14(4-2)8-12-16/h3-4,9,11,13-14H,1-2,5-8,10,12H2. The van der Waals surface area contributed by atoms with Crippen LogP contribution in [-0.4, -0.2) is 8.42 Å². The summed E-state index contributed by atoms with van der Waals surface area (Å²) < 4.78 is 33.9. The molecule has 0 heterocycles. The molecule has 21 heavy (non-hydrogen) atoms. The van der Waals surface area contributed by atoms with Gasteiger partial charge in [-0.2, -0.15) is 0 Å². The zero-order valence-corrected chi connectivity index (χ0v) is 13.0. The van der Waals surface area contributed by atoms with Crippen LogP contribution in [0.25, 0.3) is 0 Å². The molecule has 0 aromatic rings. The van der Waals surface area contributed by atoms with Crippen molar-refractivity contribution in [1.29, 1.82) is 0 Å². The Morgan fingerprint density at radius 3 is 1.67 bits per heavy atom. The fourth-order valence-electron chi connectivity index (χ4n) is 2.52. The normalized spacial score (nSPS) is 26.3. The molecule has 2 unspecified atom stereocenters. The Hall–Kier alpha value is -1.49. The minimum absolute atomic E-state index is 0.401. The maximum Gasteiger partial charge on any atom is 0.500 e. The van der Waals surface area contributed by atoms with E-state index in [9.17, 15) is 8.42 Å². The third kappa shape index (κ3) is 4.77. The SMILES string of the molecule is C=CC1CC=C(OS(=O)(=O)OC2=CCC(C=C)CC2)CC1. The van der Waals surface area contributed by atoms with E-state index in [-0.39, 0.29) is 0 Å². The van der Waals surface area contributed by atoms with Gasteiger partial charge < -0.3 is 8.37 Å². The van der Waals surface area contributed by atoms with Crippen LogP contribution < -0.4 is 0 Å². The topological polar surface area (TPSA) is 52.6 Å². The second kappa shape index (κ2) is 6.98. The van der Waals surface area contributed by atoms with Crippen LogP contribution in [0.4, 0.5) is 0 Å².